The first-order valence-corrected chi connectivity index (χ1v) is 10.5. The summed E-state index contributed by atoms with van der Waals surface area (Å²) in [5.41, 5.74) is 2.34. The number of hydrogen-bond acceptors (Lipinski definition) is 6. The molecule has 0 saturated heterocycles. The van der Waals surface area contributed by atoms with Crippen molar-refractivity contribution >= 4 is 11.7 Å². The zero-order valence-corrected chi connectivity index (χ0v) is 17.8. The van der Waals surface area contributed by atoms with E-state index in [1.807, 2.05) is 45.3 Å². The lowest BCUT2D eigenvalue weighted by atomic mass is 9.97. The third kappa shape index (κ3) is 4.03. The first kappa shape index (κ1) is 19.7. The number of pyridine rings is 2. The van der Waals surface area contributed by atoms with E-state index in [9.17, 15) is 4.79 Å². The molecular formula is C23H25N5O3. The van der Waals surface area contributed by atoms with E-state index < -0.39 is 5.60 Å². The molecule has 0 bridgehead atoms. The van der Waals surface area contributed by atoms with Gasteiger partial charge in [-0.1, -0.05) is 6.07 Å². The molecule has 1 aliphatic carbocycles. The van der Waals surface area contributed by atoms with Crippen molar-refractivity contribution in [3.8, 4) is 17.1 Å². The standard InChI is InChI=1S/C23H25N5O3/c1-23(2)20(30-13-14-7-8-14)17-9-15(10-24-22(17)31-23)21(29)27-19-6-4-5-18(26-19)16-11-25-28(3)12-16/h4-6,9-12,14,20H,7-8,13H2,1-3H3,(H,26,27,29). The molecule has 0 aromatic carbocycles. The lowest BCUT2D eigenvalue weighted by Crippen LogP contribution is -2.32. The summed E-state index contributed by atoms with van der Waals surface area (Å²) in [7, 11) is 1.85. The van der Waals surface area contributed by atoms with E-state index in [-0.39, 0.29) is 12.0 Å². The highest BCUT2D eigenvalue weighted by Gasteiger charge is 2.44. The number of carbonyl (C=O) groups is 1. The van der Waals surface area contributed by atoms with E-state index in [1.165, 1.54) is 19.0 Å². The molecule has 1 amide bonds. The summed E-state index contributed by atoms with van der Waals surface area (Å²) < 4.78 is 13.9. The molecule has 1 atom stereocenters. The van der Waals surface area contributed by atoms with Crippen LogP contribution in [0.4, 0.5) is 5.82 Å². The highest BCUT2D eigenvalue weighted by Crippen LogP contribution is 2.45. The van der Waals surface area contributed by atoms with Gasteiger partial charge in [0, 0.05) is 30.6 Å². The summed E-state index contributed by atoms with van der Waals surface area (Å²) in [6, 6.07) is 7.30. The van der Waals surface area contributed by atoms with E-state index in [2.05, 4.69) is 20.4 Å². The monoisotopic (exact) mass is 419 g/mol. The van der Waals surface area contributed by atoms with Crippen molar-refractivity contribution < 1.29 is 14.3 Å². The van der Waals surface area contributed by atoms with E-state index in [1.54, 1.807) is 16.9 Å². The van der Waals surface area contributed by atoms with E-state index in [4.69, 9.17) is 9.47 Å². The lowest BCUT2D eigenvalue weighted by molar-refractivity contribution is -0.0560. The molecule has 1 unspecified atom stereocenters. The Kier molecular flexibility index (Phi) is 4.74. The van der Waals surface area contributed by atoms with Crippen molar-refractivity contribution in [3.63, 3.8) is 0 Å². The van der Waals surface area contributed by atoms with Gasteiger partial charge in [-0.25, -0.2) is 9.97 Å². The topological polar surface area (TPSA) is 91.2 Å². The lowest BCUT2D eigenvalue weighted by Gasteiger charge is -2.26. The van der Waals surface area contributed by atoms with Crippen LogP contribution in [0.15, 0.2) is 42.9 Å². The molecule has 0 spiro atoms. The molecule has 3 aromatic rings. The summed E-state index contributed by atoms with van der Waals surface area (Å²) in [5.74, 6) is 1.35. The molecule has 0 radical (unpaired) electrons. The van der Waals surface area contributed by atoms with Crippen LogP contribution in [0.1, 0.15) is 48.7 Å². The molecule has 1 fully saturated rings. The van der Waals surface area contributed by atoms with Crippen molar-refractivity contribution in [1.82, 2.24) is 19.7 Å². The van der Waals surface area contributed by atoms with Gasteiger partial charge in [0.15, 0.2) is 0 Å². The van der Waals surface area contributed by atoms with E-state index >= 15 is 0 Å². The number of amides is 1. The predicted molar refractivity (Wildman–Crippen MR) is 115 cm³/mol. The van der Waals surface area contributed by atoms with Crippen LogP contribution in [0.3, 0.4) is 0 Å². The SMILES string of the molecule is Cn1cc(-c2cccc(NC(=O)c3cnc4c(c3)C(OCC3CC3)C(C)(C)O4)n2)cn1. The first-order valence-electron chi connectivity index (χ1n) is 10.5. The molecule has 1 saturated carbocycles. The molecule has 160 valence electrons. The number of aryl methyl sites for hydroxylation is 1. The fraction of sp³-hybridized carbons (Fsp3) is 0.391. The summed E-state index contributed by atoms with van der Waals surface area (Å²) in [4.78, 5) is 21.8. The van der Waals surface area contributed by atoms with Crippen LogP contribution in [-0.2, 0) is 11.8 Å². The second-order valence-corrected chi connectivity index (χ2v) is 8.75. The number of nitrogens with zero attached hydrogens (tertiary/aromatic N) is 4. The number of ether oxygens (including phenoxy) is 2. The average molecular weight is 419 g/mol. The van der Waals surface area contributed by atoms with E-state index in [0.717, 1.165) is 16.8 Å². The van der Waals surface area contributed by atoms with Gasteiger partial charge in [0.05, 0.1) is 24.1 Å². The maximum Gasteiger partial charge on any atom is 0.258 e. The van der Waals surface area contributed by atoms with Crippen LogP contribution >= 0.6 is 0 Å². The van der Waals surface area contributed by atoms with Gasteiger partial charge in [0.2, 0.25) is 5.88 Å². The number of aromatic nitrogens is 4. The molecule has 31 heavy (non-hydrogen) atoms. The van der Waals surface area contributed by atoms with Crippen LogP contribution in [0.25, 0.3) is 11.3 Å². The highest BCUT2D eigenvalue weighted by atomic mass is 16.6. The summed E-state index contributed by atoms with van der Waals surface area (Å²) in [5, 5.41) is 7.03. The van der Waals surface area contributed by atoms with E-state index in [0.29, 0.717) is 29.8 Å². The second kappa shape index (κ2) is 7.46. The second-order valence-electron chi connectivity index (χ2n) is 8.75. The molecule has 3 aromatic heterocycles. The third-order valence-corrected chi connectivity index (χ3v) is 5.60. The van der Waals surface area contributed by atoms with Gasteiger partial charge in [0.1, 0.15) is 17.5 Å². The Labute approximate surface area is 180 Å². The summed E-state index contributed by atoms with van der Waals surface area (Å²) in [6.45, 7) is 4.68. The molecule has 4 heterocycles. The Hall–Kier alpha value is -3.26. The van der Waals surface area contributed by atoms with Crippen molar-refractivity contribution in [2.24, 2.45) is 13.0 Å². The van der Waals surface area contributed by atoms with Crippen molar-refractivity contribution in [1.29, 1.82) is 0 Å². The van der Waals surface area contributed by atoms with Gasteiger partial charge in [-0.05, 0) is 50.8 Å². The van der Waals surface area contributed by atoms with Crippen molar-refractivity contribution in [2.45, 2.75) is 38.4 Å². The Bertz CT molecular complexity index is 1140. The fourth-order valence-electron chi connectivity index (χ4n) is 3.76. The zero-order valence-electron chi connectivity index (χ0n) is 17.8. The maximum absolute atomic E-state index is 12.9. The fourth-order valence-corrected chi connectivity index (χ4v) is 3.76. The molecular weight excluding hydrogens is 394 g/mol. The molecule has 8 heteroatoms. The summed E-state index contributed by atoms with van der Waals surface area (Å²) >= 11 is 0. The van der Waals surface area contributed by atoms with Gasteiger partial charge in [0.25, 0.3) is 5.91 Å². The minimum absolute atomic E-state index is 0.254. The van der Waals surface area contributed by atoms with Gasteiger partial charge in [-0.3, -0.25) is 9.48 Å². The van der Waals surface area contributed by atoms with Gasteiger partial charge in [-0.2, -0.15) is 5.10 Å². The number of fused-ring (bicyclic) bond motifs is 1. The van der Waals surface area contributed by atoms with Crippen LogP contribution in [-0.4, -0.2) is 37.9 Å². The predicted octanol–water partition coefficient (Wildman–Crippen LogP) is 3.77. The number of carbonyl (C=O) groups excluding carboxylic acids is 1. The molecule has 1 aliphatic heterocycles. The highest BCUT2D eigenvalue weighted by molar-refractivity contribution is 6.03. The van der Waals surface area contributed by atoms with Gasteiger partial charge >= 0.3 is 0 Å². The Morgan fingerprint density at radius 1 is 1.32 bits per heavy atom. The molecule has 2 aliphatic rings. The maximum atomic E-state index is 12.9. The number of hydrogen-bond donors (Lipinski definition) is 1. The van der Waals surface area contributed by atoms with Crippen LogP contribution in [0.5, 0.6) is 5.88 Å². The van der Waals surface area contributed by atoms with Gasteiger partial charge < -0.3 is 14.8 Å². The zero-order chi connectivity index (χ0) is 21.6. The minimum atomic E-state index is -0.529. The molecule has 5 rings (SSSR count). The normalized spacial score (nSPS) is 19.0. The first-order chi connectivity index (χ1) is 14.9. The van der Waals surface area contributed by atoms with Crippen LogP contribution in [0.2, 0.25) is 0 Å². The molecule has 1 N–H and O–H groups in total. The number of rotatable bonds is 6. The van der Waals surface area contributed by atoms with Crippen LogP contribution in [0, 0.1) is 5.92 Å². The van der Waals surface area contributed by atoms with Gasteiger partial charge in [-0.15, -0.1) is 0 Å². The third-order valence-electron chi connectivity index (χ3n) is 5.60. The quantitative estimate of drug-likeness (QED) is 0.654. The Morgan fingerprint density at radius 3 is 2.90 bits per heavy atom. The minimum Gasteiger partial charge on any atom is -0.468 e. The smallest absolute Gasteiger partial charge is 0.258 e. The van der Waals surface area contributed by atoms with Crippen molar-refractivity contribution in [2.75, 3.05) is 11.9 Å². The average Bonchev–Trinajstić information content (AvgIpc) is 3.40. The molecule has 8 nitrogen and oxygen atoms in total. The summed E-state index contributed by atoms with van der Waals surface area (Å²) in [6.07, 6.45) is 7.32. The van der Waals surface area contributed by atoms with Crippen molar-refractivity contribution in [3.05, 3.63) is 54.0 Å². The number of anilines is 1. The number of nitrogens with one attached hydrogen (secondary N) is 1. The van der Waals surface area contributed by atoms with Crippen LogP contribution < -0.4 is 10.1 Å². The largest absolute Gasteiger partial charge is 0.468 e. The Balaban J connectivity index is 1.35. The Morgan fingerprint density at radius 2 is 2.16 bits per heavy atom.